The molecule has 1 heterocycles. The predicted octanol–water partition coefficient (Wildman–Crippen LogP) is 2.56. The third kappa shape index (κ3) is 2.20. The van der Waals surface area contributed by atoms with E-state index in [0.29, 0.717) is 5.69 Å². The maximum absolute atomic E-state index is 10.2. The molecule has 1 saturated carbocycles. The van der Waals surface area contributed by atoms with Crippen molar-refractivity contribution in [2.75, 3.05) is 17.7 Å². The van der Waals surface area contributed by atoms with Gasteiger partial charge in [-0.1, -0.05) is 12.8 Å². The first-order valence-corrected chi connectivity index (χ1v) is 7.22. The van der Waals surface area contributed by atoms with Crippen molar-refractivity contribution >= 4 is 22.3 Å². The van der Waals surface area contributed by atoms with Crippen LogP contribution in [0.4, 0.5) is 11.4 Å². The Morgan fingerprint density at radius 3 is 2.85 bits per heavy atom. The number of nitrogens with two attached hydrogens (primary N) is 1. The Bertz CT molecular complexity index is 614. The monoisotopic (exact) mass is 271 g/mol. The quantitative estimate of drug-likeness (QED) is 0.824. The van der Waals surface area contributed by atoms with Crippen LogP contribution in [-0.4, -0.2) is 29.3 Å². The number of nitrogen functional groups attached to an aromatic ring is 1. The Kier molecular flexibility index (Phi) is 3.49. The second-order valence-electron chi connectivity index (χ2n) is 5.60. The fraction of sp³-hybridized carbons (Fsp3) is 0.438. The van der Waals surface area contributed by atoms with Gasteiger partial charge in [0.15, 0.2) is 0 Å². The number of benzene rings is 1. The van der Waals surface area contributed by atoms with E-state index < -0.39 is 0 Å². The van der Waals surface area contributed by atoms with E-state index in [0.717, 1.165) is 35.9 Å². The predicted molar refractivity (Wildman–Crippen MR) is 82.8 cm³/mol. The number of fused-ring (bicyclic) bond motifs is 1. The van der Waals surface area contributed by atoms with Gasteiger partial charge in [0.2, 0.25) is 0 Å². The molecule has 2 aromatic rings. The van der Waals surface area contributed by atoms with Crippen molar-refractivity contribution < 1.29 is 5.11 Å². The van der Waals surface area contributed by atoms with Crippen LogP contribution in [-0.2, 0) is 0 Å². The average Bonchev–Trinajstić information content (AvgIpc) is 2.48. The first-order valence-electron chi connectivity index (χ1n) is 7.22. The lowest BCUT2D eigenvalue weighted by atomic mass is 9.91. The van der Waals surface area contributed by atoms with Crippen LogP contribution in [0.1, 0.15) is 25.7 Å². The fourth-order valence-corrected chi connectivity index (χ4v) is 3.21. The maximum atomic E-state index is 10.2. The number of hydrogen-bond acceptors (Lipinski definition) is 4. The number of hydrogen-bond donors (Lipinski definition) is 2. The zero-order chi connectivity index (χ0) is 14.1. The Balaban J connectivity index is 2.03. The highest BCUT2D eigenvalue weighted by atomic mass is 16.3. The van der Waals surface area contributed by atoms with E-state index >= 15 is 0 Å². The van der Waals surface area contributed by atoms with Gasteiger partial charge >= 0.3 is 0 Å². The standard InChI is InChI=1S/C16H21N3O/c1-19(14-6-2-3-7-15(14)20)13-9-8-12(17)16-11(13)5-4-10-18-16/h4-5,8-10,14-15,20H,2-3,6-7,17H2,1H3. The van der Waals surface area contributed by atoms with Gasteiger partial charge in [-0.3, -0.25) is 4.98 Å². The highest BCUT2D eigenvalue weighted by molar-refractivity contribution is 5.98. The molecule has 2 unspecified atom stereocenters. The lowest BCUT2D eigenvalue weighted by molar-refractivity contribution is 0.106. The summed E-state index contributed by atoms with van der Waals surface area (Å²) in [5.74, 6) is 0. The van der Waals surface area contributed by atoms with Crippen molar-refractivity contribution in [1.29, 1.82) is 0 Å². The molecule has 1 aliphatic carbocycles. The van der Waals surface area contributed by atoms with Gasteiger partial charge in [0.05, 0.1) is 23.3 Å². The van der Waals surface area contributed by atoms with E-state index in [9.17, 15) is 5.11 Å². The van der Waals surface area contributed by atoms with Crippen LogP contribution >= 0.6 is 0 Å². The highest BCUT2D eigenvalue weighted by Crippen LogP contribution is 2.33. The molecule has 20 heavy (non-hydrogen) atoms. The van der Waals surface area contributed by atoms with E-state index in [4.69, 9.17) is 5.73 Å². The van der Waals surface area contributed by atoms with Gasteiger partial charge in [-0.05, 0) is 37.1 Å². The number of rotatable bonds is 2. The van der Waals surface area contributed by atoms with E-state index in [2.05, 4.69) is 16.9 Å². The highest BCUT2D eigenvalue weighted by Gasteiger charge is 2.27. The number of likely N-dealkylation sites (N-methyl/N-ethyl adjacent to an activating group) is 1. The van der Waals surface area contributed by atoms with E-state index in [1.165, 1.54) is 6.42 Å². The van der Waals surface area contributed by atoms with Gasteiger partial charge in [0, 0.05) is 24.3 Å². The molecule has 0 saturated heterocycles. The van der Waals surface area contributed by atoms with Crippen molar-refractivity contribution in [3.05, 3.63) is 30.5 Å². The molecule has 1 aromatic heterocycles. The Morgan fingerprint density at radius 2 is 2.05 bits per heavy atom. The third-order valence-electron chi connectivity index (χ3n) is 4.35. The molecule has 4 nitrogen and oxygen atoms in total. The van der Waals surface area contributed by atoms with Crippen molar-refractivity contribution in [2.24, 2.45) is 0 Å². The van der Waals surface area contributed by atoms with Crippen molar-refractivity contribution in [3.63, 3.8) is 0 Å². The molecule has 106 valence electrons. The number of anilines is 2. The van der Waals surface area contributed by atoms with Gasteiger partial charge in [-0.25, -0.2) is 0 Å². The summed E-state index contributed by atoms with van der Waals surface area (Å²) in [5.41, 5.74) is 8.62. The minimum Gasteiger partial charge on any atom is -0.397 e. The minimum atomic E-state index is -0.252. The molecule has 4 heteroatoms. The number of aliphatic hydroxyl groups is 1. The first-order chi connectivity index (χ1) is 9.68. The van der Waals surface area contributed by atoms with Gasteiger partial charge < -0.3 is 15.7 Å². The number of aliphatic hydroxyl groups excluding tert-OH is 1. The molecule has 2 atom stereocenters. The SMILES string of the molecule is CN(c1ccc(N)c2ncccc12)C1CCCCC1O. The van der Waals surface area contributed by atoms with Crippen LogP contribution in [0.15, 0.2) is 30.5 Å². The van der Waals surface area contributed by atoms with Gasteiger partial charge in [0.1, 0.15) is 0 Å². The zero-order valence-electron chi connectivity index (χ0n) is 11.8. The van der Waals surface area contributed by atoms with E-state index in [1.54, 1.807) is 6.20 Å². The molecular weight excluding hydrogens is 250 g/mol. The largest absolute Gasteiger partial charge is 0.397 e. The summed E-state index contributed by atoms with van der Waals surface area (Å²) in [6.07, 6.45) is 5.73. The topological polar surface area (TPSA) is 62.4 Å². The van der Waals surface area contributed by atoms with Gasteiger partial charge in [0.25, 0.3) is 0 Å². The van der Waals surface area contributed by atoms with Crippen LogP contribution in [0.3, 0.4) is 0 Å². The molecule has 0 bridgehead atoms. The molecule has 0 spiro atoms. The van der Waals surface area contributed by atoms with Crippen molar-refractivity contribution in [1.82, 2.24) is 4.98 Å². The van der Waals surface area contributed by atoms with Crippen LogP contribution in [0.2, 0.25) is 0 Å². The second kappa shape index (κ2) is 5.29. The summed E-state index contributed by atoms with van der Waals surface area (Å²) in [5, 5.41) is 11.3. The fourth-order valence-electron chi connectivity index (χ4n) is 3.21. The van der Waals surface area contributed by atoms with Crippen LogP contribution in [0, 0.1) is 0 Å². The summed E-state index contributed by atoms with van der Waals surface area (Å²) in [7, 11) is 2.05. The molecule has 0 aliphatic heterocycles. The summed E-state index contributed by atoms with van der Waals surface area (Å²) < 4.78 is 0. The van der Waals surface area contributed by atoms with Gasteiger partial charge in [-0.2, -0.15) is 0 Å². The Morgan fingerprint density at radius 1 is 1.25 bits per heavy atom. The number of aromatic nitrogens is 1. The first kappa shape index (κ1) is 13.2. The lowest BCUT2D eigenvalue weighted by Crippen LogP contribution is -2.43. The van der Waals surface area contributed by atoms with E-state index in [1.807, 2.05) is 24.3 Å². The second-order valence-corrected chi connectivity index (χ2v) is 5.60. The van der Waals surface area contributed by atoms with Crippen molar-refractivity contribution in [3.8, 4) is 0 Å². The van der Waals surface area contributed by atoms with Crippen LogP contribution in [0.5, 0.6) is 0 Å². The summed E-state index contributed by atoms with van der Waals surface area (Å²) >= 11 is 0. The molecule has 1 fully saturated rings. The number of nitrogens with zero attached hydrogens (tertiary/aromatic N) is 2. The average molecular weight is 271 g/mol. The lowest BCUT2D eigenvalue weighted by Gasteiger charge is -2.37. The third-order valence-corrected chi connectivity index (χ3v) is 4.35. The Labute approximate surface area is 119 Å². The molecule has 0 amide bonds. The van der Waals surface area contributed by atoms with Crippen LogP contribution < -0.4 is 10.6 Å². The normalized spacial score (nSPS) is 22.9. The zero-order valence-corrected chi connectivity index (χ0v) is 11.8. The Hall–Kier alpha value is -1.81. The summed E-state index contributed by atoms with van der Waals surface area (Å²) in [6.45, 7) is 0. The van der Waals surface area contributed by atoms with Crippen molar-refractivity contribution in [2.45, 2.75) is 37.8 Å². The van der Waals surface area contributed by atoms with Crippen LogP contribution in [0.25, 0.3) is 10.9 Å². The summed E-state index contributed by atoms with van der Waals surface area (Å²) in [6, 6.07) is 8.07. The molecular formula is C16H21N3O. The minimum absolute atomic E-state index is 0.177. The molecule has 1 aromatic carbocycles. The molecule has 0 radical (unpaired) electrons. The summed E-state index contributed by atoms with van der Waals surface area (Å²) in [4.78, 5) is 6.56. The van der Waals surface area contributed by atoms with E-state index in [-0.39, 0.29) is 12.1 Å². The number of pyridine rings is 1. The molecule has 3 N–H and O–H groups in total. The smallest absolute Gasteiger partial charge is 0.0951 e. The molecule has 1 aliphatic rings. The molecule has 3 rings (SSSR count). The maximum Gasteiger partial charge on any atom is 0.0951 e. The van der Waals surface area contributed by atoms with Gasteiger partial charge in [-0.15, -0.1) is 0 Å².